The summed E-state index contributed by atoms with van der Waals surface area (Å²) < 4.78 is 19.5. The summed E-state index contributed by atoms with van der Waals surface area (Å²) in [4.78, 5) is 27.5. The minimum atomic E-state index is -0.544. The number of benzene rings is 2. The summed E-state index contributed by atoms with van der Waals surface area (Å²) in [6.45, 7) is 1.31. The molecule has 29 heavy (non-hydrogen) atoms. The highest BCUT2D eigenvalue weighted by Gasteiger charge is 2.41. The summed E-state index contributed by atoms with van der Waals surface area (Å²) >= 11 is 0. The van der Waals surface area contributed by atoms with Crippen molar-refractivity contribution >= 4 is 11.8 Å². The maximum atomic E-state index is 14.1. The van der Waals surface area contributed by atoms with Gasteiger partial charge in [-0.2, -0.15) is 0 Å². The van der Waals surface area contributed by atoms with Crippen LogP contribution >= 0.6 is 0 Å². The minimum absolute atomic E-state index is 0.0379. The highest BCUT2D eigenvalue weighted by molar-refractivity contribution is 5.95. The SMILES string of the molecule is COc1cccc([C@H]2CN(C(=O)c3ccccc3F)C[C@H]2C(=O)NCC2CC2)c1. The summed E-state index contributed by atoms with van der Waals surface area (Å²) in [5.74, 6) is -0.235. The van der Waals surface area contributed by atoms with Gasteiger partial charge in [-0.1, -0.05) is 24.3 Å². The Morgan fingerprint density at radius 3 is 2.66 bits per heavy atom. The lowest BCUT2D eigenvalue weighted by Gasteiger charge is -2.18. The van der Waals surface area contributed by atoms with E-state index in [-0.39, 0.29) is 35.8 Å². The fourth-order valence-electron chi connectivity index (χ4n) is 3.95. The van der Waals surface area contributed by atoms with E-state index in [0.29, 0.717) is 24.8 Å². The zero-order valence-electron chi connectivity index (χ0n) is 16.4. The Bertz CT molecular complexity index is 913. The molecule has 4 rings (SSSR count). The molecule has 6 heteroatoms. The number of hydrogen-bond donors (Lipinski definition) is 1. The number of halogens is 1. The van der Waals surface area contributed by atoms with Gasteiger partial charge in [0.2, 0.25) is 5.91 Å². The number of carbonyl (C=O) groups is 2. The zero-order chi connectivity index (χ0) is 20.4. The molecule has 1 aliphatic heterocycles. The molecule has 0 radical (unpaired) electrons. The fourth-order valence-corrected chi connectivity index (χ4v) is 3.95. The number of amides is 2. The van der Waals surface area contributed by atoms with Crippen LogP contribution in [0.1, 0.15) is 34.7 Å². The Balaban J connectivity index is 1.58. The lowest BCUT2D eigenvalue weighted by molar-refractivity contribution is -0.125. The van der Waals surface area contributed by atoms with Gasteiger partial charge in [0, 0.05) is 25.6 Å². The van der Waals surface area contributed by atoms with Crippen LogP contribution < -0.4 is 10.1 Å². The normalized spacial score (nSPS) is 21.1. The summed E-state index contributed by atoms with van der Waals surface area (Å²) in [5.41, 5.74) is 0.982. The first-order chi connectivity index (χ1) is 14.1. The van der Waals surface area contributed by atoms with Gasteiger partial charge in [-0.05, 0) is 48.6 Å². The highest BCUT2D eigenvalue weighted by atomic mass is 19.1. The van der Waals surface area contributed by atoms with Crippen LogP contribution in [0, 0.1) is 17.7 Å². The first kappa shape index (κ1) is 19.4. The Morgan fingerprint density at radius 1 is 1.14 bits per heavy atom. The van der Waals surface area contributed by atoms with Crippen LogP contribution in [0.3, 0.4) is 0 Å². The van der Waals surface area contributed by atoms with Crippen LogP contribution in [0.25, 0.3) is 0 Å². The number of nitrogens with zero attached hydrogens (tertiary/aromatic N) is 1. The van der Waals surface area contributed by atoms with Gasteiger partial charge in [0.05, 0.1) is 18.6 Å². The van der Waals surface area contributed by atoms with Crippen LogP contribution in [-0.4, -0.2) is 43.5 Å². The van der Waals surface area contributed by atoms with Crippen LogP contribution in [0.4, 0.5) is 4.39 Å². The average molecular weight is 396 g/mol. The van der Waals surface area contributed by atoms with E-state index in [9.17, 15) is 14.0 Å². The average Bonchev–Trinajstić information content (AvgIpc) is 3.47. The van der Waals surface area contributed by atoms with Crippen molar-refractivity contribution in [3.63, 3.8) is 0 Å². The van der Waals surface area contributed by atoms with Crippen molar-refractivity contribution in [1.82, 2.24) is 10.2 Å². The molecular weight excluding hydrogens is 371 g/mol. The smallest absolute Gasteiger partial charge is 0.256 e. The summed E-state index contributed by atoms with van der Waals surface area (Å²) in [7, 11) is 1.60. The standard InChI is InChI=1S/C23H25FN2O3/c1-29-17-6-4-5-16(11-17)19-13-26(23(28)18-7-2-3-8-21(18)24)14-20(19)22(27)25-12-15-9-10-15/h2-8,11,15,19-20H,9-10,12-14H2,1H3,(H,25,27)/t19-,20-/m1/s1. The molecule has 2 aromatic carbocycles. The minimum Gasteiger partial charge on any atom is -0.497 e. The number of nitrogens with one attached hydrogen (secondary N) is 1. The topological polar surface area (TPSA) is 58.6 Å². The molecule has 2 fully saturated rings. The largest absolute Gasteiger partial charge is 0.497 e. The molecule has 0 bridgehead atoms. The van der Waals surface area contributed by atoms with Gasteiger partial charge in [0.25, 0.3) is 5.91 Å². The predicted octanol–water partition coefficient (Wildman–Crippen LogP) is 3.22. The van der Waals surface area contributed by atoms with Crippen molar-refractivity contribution in [2.24, 2.45) is 11.8 Å². The number of rotatable bonds is 6. The Morgan fingerprint density at radius 2 is 1.93 bits per heavy atom. The maximum absolute atomic E-state index is 14.1. The number of likely N-dealkylation sites (tertiary alicyclic amines) is 1. The Kier molecular flexibility index (Phi) is 5.51. The molecular formula is C23H25FN2O3. The van der Waals surface area contributed by atoms with E-state index in [1.165, 1.54) is 12.1 Å². The van der Waals surface area contributed by atoms with Gasteiger partial charge in [0.15, 0.2) is 0 Å². The third kappa shape index (κ3) is 4.26. The molecule has 2 atom stereocenters. The first-order valence-electron chi connectivity index (χ1n) is 10.0. The van der Waals surface area contributed by atoms with Crippen molar-refractivity contribution in [1.29, 1.82) is 0 Å². The third-order valence-electron chi connectivity index (χ3n) is 5.83. The van der Waals surface area contributed by atoms with Crippen LogP contribution in [0.2, 0.25) is 0 Å². The van der Waals surface area contributed by atoms with E-state index in [1.54, 1.807) is 24.1 Å². The third-order valence-corrected chi connectivity index (χ3v) is 5.83. The quantitative estimate of drug-likeness (QED) is 0.816. The fraction of sp³-hybridized carbons (Fsp3) is 0.391. The Labute approximate surface area is 169 Å². The highest BCUT2D eigenvalue weighted by Crippen LogP contribution is 2.36. The van der Waals surface area contributed by atoms with E-state index in [2.05, 4.69) is 5.32 Å². The van der Waals surface area contributed by atoms with Crippen molar-refractivity contribution in [3.8, 4) is 5.75 Å². The number of ether oxygens (including phenoxy) is 1. The predicted molar refractivity (Wildman–Crippen MR) is 107 cm³/mol. The number of hydrogen-bond acceptors (Lipinski definition) is 3. The summed E-state index contributed by atoms with van der Waals surface area (Å²) in [5, 5.41) is 3.04. The zero-order valence-corrected chi connectivity index (χ0v) is 16.4. The van der Waals surface area contributed by atoms with Crippen molar-refractivity contribution in [2.75, 3.05) is 26.7 Å². The molecule has 1 saturated heterocycles. The van der Waals surface area contributed by atoms with Gasteiger partial charge < -0.3 is 15.0 Å². The van der Waals surface area contributed by atoms with Crippen LogP contribution in [0.15, 0.2) is 48.5 Å². The molecule has 0 aromatic heterocycles. The van der Waals surface area contributed by atoms with E-state index in [1.807, 2.05) is 24.3 Å². The molecule has 0 spiro atoms. The maximum Gasteiger partial charge on any atom is 0.256 e. The van der Waals surface area contributed by atoms with E-state index >= 15 is 0 Å². The number of methoxy groups -OCH3 is 1. The first-order valence-corrected chi connectivity index (χ1v) is 10.0. The van der Waals surface area contributed by atoms with Gasteiger partial charge >= 0.3 is 0 Å². The molecule has 1 aliphatic carbocycles. The van der Waals surface area contributed by atoms with Crippen molar-refractivity contribution < 1.29 is 18.7 Å². The monoisotopic (exact) mass is 396 g/mol. The molecule has 5 nitrogen and oxygen atoms in total. The van der Waals surface area contributed by atoms with Gasteiger partial charge in [0.1, 0.15) is 11.6 Å². The van der Waals surface area contributed by atoms with Crippen LogP contribution in [0.5, 0.6) is 5.75 Å². The molecule has 1 N–H and O–H groups in total. The van der Waals surface area contributed by atoms with E-state index < -0.39 is 5.82 Å². The summed E-state index contributed by atoms with van der Waals surface area (Å²) in [6.07, 6.45) is 2.31. The molecule has 0 unspecified atom stereocenters. The summed E-state index contributed by atoms with van der Waals surface area (Å²) in [6, 6.07) is 13.6. The van der Waals surface area contributed by atoms with Gasteiger partial charge in [-0.3, -0.25) is 9.59 Å². The second kappa shape index (κ2) is 8.23. The molecule has 2 aromatic rings. The Hall–Kier alpha value is -2.89. The second-order valence-electron chi connectivity index (χ2n) is 7.87. The molecule has 1 heterocycles. The second-order valence-corrected chi connectivity index (χ2v) is 7.87. The molecule has 152 valence electrons. The molecule has 2 aliphatic rings. The lowest BCUT2D eigenvalue weighted by Crippen LogP contribution is -2.36. The van der Waals surface area contributed by atoms with E-state index in [0.717, 1.165) is 18.4 Å². The van der Waals surface area contributed by atoms with Crippen molar-refractivity contribution in [2.45, 2.75) is 18.8 Å². The van der Waals surface area contributed by atoms with E-state index in [4.69, 9.17) is 4.74 Å². The van der Waals surface area contributed by atoms with Gasteiger partial charge in [-0.15, -0.1) is 0 Å². The molecule has 1 saturated carbocycles. The number of carbonyl (C=O) groups excluding carboxylic acids is 2. The molecule has 2 amide bonds. The van der Waals surface area contributed by atoms with Gasteiger partial charge in [-0.25, -0.2) is 4.39 Å². The lowest BCUT2D eigenvalue weighted by atomic mass is 9.88. The van der Waals surface area contributed by atoms with Crippen molar-refractivity contribution in [3.05, 3.63) is 65.5 Å². The van der Waals surface area contributed by atoms with Crippen LogP contribution in [-0.2, 0) is 4.79 Å².